The molecule has 0 atom stereocenters. The van der Waals surface area contributed by atoms with Gasteiger partial charge in [0.15, 0.2) is 0 Å². The summed E-state index contributed by atoms with van der Waals surface area (Å²) < 4.78 is 0.745. The van der Waals surface area contributed by atoms with Gasteiger partial charge in [-0.2, -0.15) is 0 Å². The number of amides is 1. The van der Waals surface area contributed by atoms with Crippen molar-refractivity contribution < 1.29 is 9.59 Å². The molecule has 3 nitrogen and oxygen atoms in total. The van der Waals surface area contributed by atoms with Gasteiger partial charge in [-0.05, 0) is 63.1 Å². The number of carbonyl (C=O) groups is 2. The molecular weight excluding hydrogens is 374 g/mol. The molecule has 1 aromatic rings. The SMILES string of the molecule is Cc1ccc(C(=O)N=C2C=C(Br)C(=O)C(Br)=C2)cc1. The van der Waals surface area contributed by atoms with Crippen molar-refractivity contribution in [2.24, 2.45) is 4.99 Å². The van der Waals surface area contributed by atoms with Crippen LogP contribution in [0.15, 0.2) is 50.4 Å². The van der Waals surface area contributed by atoms with Crippen molar-refractivity contribution in [3.63, 3.8) is 0 Å². The Morgan fingerprint density at radius 2 is 1.58 bits per heavy atom. The molecule has 0 aromatic heterocycles. The Balaban J connectivity index is 2.29. The van der Waals surface area contributed by atoms with Gasteiger partial charge < -0.3 is 0 Å². The molecule has 1 aliphatic carbocycles. The van der Waals surface area contributed by atoms with E-state index < -0.39 is 0 Å². The fourth-order valence-electron chi connectivity index (χ4n) is 1.49. The molecule has 0 N–H and O–H groups in total. The van der Waals surface area contributed by atoms with Gasteiger partial charge in [-0.1, -0.05) is 17.7 Å². The molecule has 0 radical (unpaired) electrons. The third-order valence-corrected chi connectivity index (χ3v) is 3.69. The van der Waals surface area contributed by atoms with Crippen LogP contribution in [0.5, 0.6) is 0 Å². The van der Waals surface area contributed by atoms with E-state index in [1.807, 2.05) is 19.1 Å². The Hall–Kier alpha value is -1.33. The number of Topliss-reactive ketones (excluding diaryl/α,β-unsaturated/α-hetero) is 1. The van der Waals surface area contributed by atoms with Crippen molar-refractivity contribution in [2.45, 2.75) is 6.92 Å². The van der Waals surface area contributed by atoms with E-state index in [2.05, 4.69) is 36.9 Å². The molecule has 0 aliphatic heterocycles. The van der Waals surface area contributed by atoms with Crippen molar-refractivity contribution in [3.05, 3.63) is 56.5 Å². The van der Waals surface area contributed by atoms with E-state index in [1.165, 1.54) is 12.2 Å². The van der Waals surface area contributed by atoms with Crippen LogP contribution >= 0.6 is 31.9 Å². The molecule has 0 heterocycles. The minimum absolute atomic E-state index is 0.165. The van der Waals surface area contributed by atoms with E-state index in [0.717, 1.165) is 5.56 Å². The lowest BCUT2D eigenvalue weighted by Gasteiger charge is -2.05. The van der Waals surface area contributed by atoms with E-state index in [1.54, 1.807) is 12.1 Å². The Bertz CT molecular complexity index is 616. The number of hydrogen-bond acceptors (Lipinski definition) is 2. The Kier molecular flexibility index (Phi) is 4.27. The van der Waals surface area contributed by atoms with Gasteiger partial charge in [0.2, 0.25) is 5.78 Å². The van der Waals surface area contributed by atoms with Crippen LogP contribution in [0.4, 0.5) is 0 Å². The standard InChI is InChI=1S/C14H9Br2NO2/c1-8-2-4-9(5-3-8)14(19)17-10-6-11(15)13(18)12(16)7-10/h2-7H,1H3. The van der Waals surface area contributed by atoms with E-state index in [0.29, 0.717) is 20.2 Å². The predicted octanol–water partition coefficient (Wildman–Crippen LogP) is 3.72. The van der Waals surface area contributed by atoms with Crippen LogP contribution in [0.25, 0.3) is 0 Å². The zero-order valence-corrected chi connectivity index (χ0v) is 13.2. The second-order valence-electron chi connectivity index (χ2n) is 4.02. The highest BCUT2D eigenvalue weighted by atomic mass is 79.9. The highest BCUT2D eigenvalue weighted by Gasteiger charge is 2.17. The number of allylic oxidation sites excluding steroid dienone is 4. The number of ketones is 1. The maximum atomic E-state index is 12.0. The molecule has 96 valence electrons. The lowest BCUT2D eigenvalue weighted by atomic mass is 10.1. The van der Waals surface area contributed by atoms with Gasteiger partial charge in [0, 0.05) is 5.56 Å². The fraction of sp³-hybridized carbons (Fsp3) is 0.0714. The fourth-order valence-corrected chi connectivity index (χ4v) is 2.65. The second-order valence-corrected chi connectivity index (χ2v) is 5.73. The van der Waals surface area contributed by atoms with E-state index in [9.17, 15) is 9.59 Å². The summed E-state index contributed by atoms with van der Waals surface area (Å²) in [6, 6.07) is 7.17. The summed E-state index contributed by atoms with van der Waals surface area (Å²) in [5, 5.41) is 0. The minimum atomic E-state index is -0.336. The first-order valence-corrected chi connectivity index (χ1v) is 7.05. The van der Waals surface area contributed by atoms with Crippen LogP contribution in [-0.2, 0) is 4.79 Å². The molecule has 2 rings (SSSR count). The Morgan fingerprint density at radius 3 is 2.11 bits per heavy atom. The lowest BCUT2D eigenvalue weighted by Crippen LogP contribution is -2.09. The van der Waals surface area contributed by atoms with E-state index in [-0.39, 0.29) is 11.7 Å². The predicted molar refractivity (Wildman–Crippen MR) is 82.0 cm³/mol. The number of nitrogens with zero attached hydrogens (tertiary/aromatic N) is 1. The van der Waals surface area contributed by atoms with Crippen molar-refractivity contribution in [1.29, 1.82) is 0 Å². The van der Waals surface area contributed by atoms with Gasteiger partial charge in [0.25, 0.3) is 5.91 Å². The summed E-state index contributed by atoms with van der Waals surface area (Å²) in [6.07, 6.45) is 3.05. The molecule has 0 saturated heterocycles. The molecule has 0 unspecified atom stereocenters. The van der Waals surface area contributed by atoms with E-state index in [4.69, 9.17) is 0 Å². The maximum absolute atomic E-state index is 12.0. The van der Waals surface area contributed by atoms with Gasteiger partial charge in [-0.15, -0.1) is 0 Å². The van der Waals surface area contributed by atoms with Gasteiger partial charge in [-0.25, -0.2) is 4.99 Å². The minimum Gasteiger partial charge on any atom is -0.287 e. The summed E-state index contributed by atoms with van der Waals surface area (Å²) in [5.41, 5.74) is 2.03. The number of hydrogen-bond donors (Lipinski definition) is 0. The maximum Gasteiger partial charge on any atom is 0.277 e. The Labute approximate surface area is 127 Å². The van der Waals surface area contributed by atoms with Gasteiger partial charge in [0.1, 0.15) is 0 Å². The topological polar surface area (TPSA) is 46.5 Å². The first-order valence-electron chi connectivity index (χ1n) is 5.46. The largest absolute Gasteiger partial charge is 0.287 e. The summed E-state index contributed by atoms with van der Waals surface area (Å²) in [5.74, 6) is -0.501. The third kappa shape index (κ3) is 3.36. The summed E-state index contributed by atoms with van der Waals surface area (Å²) >= 11 is 6.28. The molecule has 1 aromatic carbocycles. The quantitative estimate of drug-likeness (QED) is 0.695. The summed E-state index contributed by atoms with van der Waals surface area (Å²) in [6.45, 7) is 1.95. The molecule has 0 spiro atoms. The molecule has 1 aliphatic rings. The number of halogens is 2. The molecule has 19 heavy (non-hydrogen) atoms. The van der Waals surface area contributed by atoms with Gasteiger partial charge >= 0.3 is 0 Å². The average Bonchev–Trinajstić information content (AvgIpc) is 2.36. The van der Waals surface area contributed by atoms with Crippen LogP contribution in [0.1, 0.15) is 15.9 Å². The van der Waals surface area contributed by atoms with Gasteiger partial charge in [0.05, 0.1) is 14.7 Å². The Morgan fingerprint density at radius 1 is 1.05 bits per heavy atom. The summed E-state index contributed by atoms with van der Waals surface area (Å²) in [4.78, 5) is 27.4. The number of rotatable bonds is 1. The number of carbonyl (C=O) groups excluding carboxylic acids is 2. The molecule has 0 saturated carbocycles. The summed E-state index contributed by atoms with van der Waals surface area (Å²) in [7, 11) is 0. The molecular formula is C14H9Br2NO2. The van der Waals surface area contributed by atoms with Gasteiger partial charge in [-0.3, -0.25) is 9.59 Å². The molecule has 1 amide bonds. The smallest absolute Gasteiger partial charge is 0.277 e. The van der Waals surface area contributed by atoms with Crippen LogP contribution < -0.4 is 0 Å². The van der Waals surface area contributed by atoms with Crippen LogP contribution in [0.3, 0.4) is 0 Å². The zero-order chi connectivity index (χ0) is 14.0. The van der Waals surface area contributed by atoms with Crippen LogP contribution in [0.2, 0.25) is 0 Å². The first-order chi connectivity index (χ1) is 8.97. The zero-order valence-electron chi connectivity index (χ0n) is 9.98. The van der Waals surface area contributed by atoms with Crippen LogP contribution in [-0.4, -0.2) is 17.4 Å². The van der Waals surface area contributed by atoms with Crippen molar-refractivity contribution in [3.8, 4) is 0 Å². The lowest BCUT2D eigenvalue weighted by molar-refractivity contribution is -0.110. The van der Waals surface area contributed by atoms with Crippen LogP contribution in [0, 0.1) is 6.92 Å². The molecule has 0 bridgehead atoms. The van der Waals surface area contributed by atoms with Crippen molar-refractivity contribution in [2.75, 3.05) is 0 Å². The second kappa shape index (κ2) is 5.75. The van der Waals surface area contributed by atoms with E-state index >= 15 is 0 Å². The third-order valence-electron chi connectivity index (χ3n) is 2.51. The molecule has 5 heteroatoms. The highest BCUT2D eigenvalue weighted by Crippen LogP contribution is 2.22. The van der Waals surface area contributed by atoms with Crippen molar-refractivity contribution in [1.82, 2.24) is 0 Å². The number of benzene rings is 1. The number of aryl methyl sites for hydroxylation is 1. The van der Waals surface area contributed by atoms with Crippen molar-refractivity contribution >= 4 is 49.3 Å². The highest BCUT2D eigenvalue weighted by molar-refractivity contribution is 9.13. The molecule has 0 fully saturated rings. The average molecular weight is 383 g/mol. The first kappa shape index (κ1) is 14.1. The monoisotopic (exact) mass is 381 g/mol. The number of aliphatic imine (C=N–C) groups is 1. The normalized spacial score (nSPS) is 14.9.